The minimum Gasteiger partial charge on any atom is -0.481 e. The van der Waals surface area contributed by atoms with Gasteiger partial charge >= 0.3 is 5.97 Å². The topological polar surface area (TPSA) is 102 Å². The first-order valence-corrected chi connectivity index (χ1v) is 12.2. The van der Waals surface area contributed by atoms with Crippen molar-refractivity contribution in [3.8, 4) is 11.1 Å². The zero-order chi connectivity index (χ0) is 24.6. The number of aryl methyl sites for hydroxylation is 2. The van der Waals surface area contributed by atoms with E-state index in [9.17, 15) is 14.7 Å². The molecule has 2 bridgehead atoms. The number of amides is 1. The van der Waals surface area contributed by atoms with Gasteiger partial charge in [0.15, 0.2) is 11.6 Å². The van der Waals surface area contributed by atoms with E-state index >= 15 is 0 Å². The van der Waals surface area contributed by atoms with Crippen molar-refractivity contribution in [3.63, 3.8) is 0 Å². The molecule has 3 fully saturated rings. The van der Waals surface area contributed by atoms with Crippen LogP contribution in [0.2, 0.25) is 0 Å². The third-order valence-corrected chi connectivity index (χ3v) is 7.58. The first-order chi connectivity index (χ1) is 16.8. The minimum absolute atomic E-state index is 0.0240. The molecule has 0 radical (unpaired) electrons. The van der Waals surface area contributed by atoms with Gasteiger partial charge in [-0.3, -0.25) is 9.59 Å². The number of hydrogen-bond donors (Lipinski definition) is 2. The lowest BCUT2D eigenvalue weighted by atomic mass is 9.62. The highest BCUT2D eigenvalue weighted by Crippen LogP contribution is 2.51. The van der Waals surface area contributed by atoms with Gasteiger partial charge in [-0.15, -0.1) is 0 Å². The Morgan fingerprint density at radius 2 is 1.63 bits per heavy atom. The van der Waals surface area contributed by atoms with Gasteiger partial charge < -0.3 is 19.6 Å². The van der Waals surface area contributed by atoms with Crippen molar-refractivity contribution in [3.05, 3.63) is 71.4 Å². The smallest absolute Gasteiger partial charge is 0.306 e. The zero-order valence-corrected chi connectivity index (χ0v) is 20.1. The molecular weight excluding hydrogens is 444 g/mol. The summed E-state index contributed by atoms with van der Waals surface area (Å²) in [6, 6.07) is 16.3. The molecule has 7 nitrogen and oxygen atoms in total. The number of carbonyl (C=O) groups excluding carboxylic acids is 1. The Morgan fingerprint density at radius 3 is 2.14 bits per heavy atom. The predicted octanol–water partition coefficient (Wildman–Crippen LogP) is 5.52. The van der Waals surface area contributed by atoms with Crippen molar-refractivity contribution in [1.82, 2.24) is 4.98 Å². The largest absolute Gasteiger partial charge is 0.481 e. The molecule has 1 aliphatic carbocycles. The average molecular weight is 475 g/mol. The second-order valence-corrected chi connectivity index (χ2v) is 9.80. The number of rotatable bonds is 7. The van der Waals surface area contributed by atoms with E-state index < -0.39 is 11.6 Å². The quantitative estimate of drug-likeness (QED) is 0.468. The van der Waals surface area contributed by atoms with Gasteiger partial charge in [-0.2, -0.15) is 0 Å². The number of ether oxygens (including phenoxy) is 1. The lowest BCUT2D eigenvalue weighted by Crippen LogP contribution is -2.54. The van der Waals surface area contributed by atoms with Crippen LogP contribution in [0, 0.1) is 6.92 Å². The number of fused-ring (bicyclic) bond motifs is 3. The number of oxazole rings is 1. The van der Waals surface area contributed by atoms with Gasteiger partial charge in [0, 0.05) is 17.5 Å². The van der Waals surface area contributed by atoms with Crippen LogP contribution >= 0.6 is 0 Å². The Kier molecular flexibility index (Phi) is 5.97. The molecule has 3 aromatic rings. The normalized spacial score (nSPS) is 23.3. The first-order valence-electron chi connectivity index (χ1n) is 12.2. The molecule has 1 aromatic heterocycles. The third kappa shape index (κ3) is 4.48. The Bertz CT molecular complexity index is 1220. The third-order valence-electron chi connectivity index (χ3n) is 7.58. The monoisotopic (exact) mass is 474 g/mol. The zero-order valence-electron chi connectivity index (χ0n) is 20.1. The number of nitrogens with one attached hydrogen (secondary N) is 1. The summed E-state index contributed by atoms with van der Waals surface area (Å²) in [5.41, 5.74) is 3.91. The van der Waals surface area contributed by atoms with E-state index in [1.54, 1.807) is 6.92 Å². The van der Waals surface area contributed by atoms with Crippen molar-refractivity contribution in [2.45, 2.75) is 63.4 Å². The summed E-state index contributed by atoms with van der Waals surface area (Å²) in [7, 11) is 0. The highest BCUT2D eigenvalue weighted by atomic mass is 16.5. The van der Waals surface area contributed by atoms with Crippen molar-refractivity contribution in [2.75, 3.05) is 11.9 Å². The summed E-state index contributed by atoms with van der Waals surface area (Å²) in [6.07, 6.45) is 4.24. The summed E-state index contributed by atoms with van der Waals surface area (Å²) in [5, 5.41) is 12.1. The fraction of sp³-hybridized carbons (Fsp3) is 0.393. The molecule has 35 heavy (non-hydrogen) atoms. The molecule has 0 spiro atoms. The van der Waals surface area contributed by atoms with E-state index in [1.165, 1.54) is 5.56 Å². The maximum absolute atomic E-state index is 12.6. The van der Waals surface area contributed by atoms with Crippen LogP contribution in [-0.4, -0.2) is 34.2 Å². The molecule has 2 N–H and O–H groups in total. The molecule has 2 aliphatic heterocycles. The fourth-order valence-corrected chi connectivity index (χ4v) is 5.41. The van der Waals surface area contributed by atoms with Crippen LogP contribution < -0.4 is 5.32 Å². The highest BCUT2D eigenvalue weighted by Gasteiger charge is 2.51. The van der Waals surface area contributed by atoms with E-state index in [2.05, 4.69) is 34.6 Å². The van der Waals surface area contributed by atoms with Crippen molar-refractivity contribution in [2.24, 2.45) is 0 Å². The standard InChI is InChI=1S/C28H30N2O5/c1-3-23-30-25(18(2)35-23)26(33)29-22-10-6-20(7-11-22)19-4-8-21(9-5-19)27-12-14-28(15-13-27,34-17-27)16-24(31)32/h4-11H,3,12-17H2,1-2H3,(H,29,33)(H,31,32). The first kappa shape index (κ1) is 23.3. The molecule has 0 unspecified atom stereocenters. The van der Waals surface area contributed by atoms with Crippen molar-refractivity contribution >= 4 is 17.6 Å². The van der Waals surface area contributed by atoms with Gasteiger partial charge in [0.25, 0.3) is 5.91 Å². The average Bonchev–Trinajstić information content (AvgIpc) is 3.26. The maximum Gasteiger partial charge on any atom is 0.306 e. The van der Waals surface area contributed by atoms with Crippen LogP contribution in [0.5, 0.6) is 0 Å². The van der Waals surface area contributed by atoms with E-state index in [1.807, 2.05) is 31.2 Å². The number of carboxylic acids is 1. The van der Waals surface area contributed by atoms with Crippen LogP contribution in [0.1, 0.15) is 66.7 Å². The van der Waals surface area contributed by atoms with Crippen molar-refractivity contribution in [1.29, 1.82) is 0 Å². The number of nitrogens with zero attached hydrogens (tertiary/aromatic N) is 1. The lowest BCUT2D eigenvalue weighted by Gasteiger charge is -2.53. The summed E-state index contributed by atoms with van der Waals surface area (Å²) < 4.78 is 11.6. The molecule has 0 atom stereocenters. The summed E-state index contributed by atoms with van der Waals surface area (Å²) in [4.78, 5) is 28.1. The molecule has 1 amide bonds. The summed E-state index contributed by atoms with van der Waals surface area (Å²) in [6.45, 7) is 4.26. The van der Waals surface area contributed by atoms with Gasteiger partial charge in [0.2, 0.25) is 0 Å². The summed E-state index contributed by atoms with van der Waals surface area (Å²) in [5.74, 6) is 0.00751. The van der Waals surface area contributed by atoms with E-state index in [-0.39, 0.29) is 17.7 Å². The van der Waals surface area contributed by atoms with Gasteiger partial charge in [-0.1, -0.05) is 43.3 Å². The lowest BCUT2D eigenvalue weighted by molar-refractivity contribution is -0.174. The molecule has 3 heterocycles. The molecule has 2 saturated heterocycles. The Morgan fingerprint density at radius 1 is 1.00 bits per heavy atom. The van der Waals surface area contributed by atoms with E-state index in [4.69, 9.17) is 9.15 Å². The van der Waals surface area contributed by atoms with Gasteiger partial charge in [-0.05, 0) is 61.4 Å². The number of benzene rings is 2. The second kappa shape index (κ2) is 8.96. The maximum atomic E-state index is 12.6. The van der Waals surface area contributed by atoms with Crippen LogP contribution in [0.3, 0.4) is 0 Å². The molecule has 7 heteroatoms. The molecule has 1 saturated carbocycles. The number of aromatic nitrogens is 1. The molecule has 182 valence electrons. The van der Waals surface area contributed by atoms with E-state index in [0.29, 0.717) is 36.1 Å². The van der Waals surface area contributed by atoms with Crippen LogP contribution in [0.15, 0.2) is 52.9 Å². The Labute approximate surface area is 204 Å². The Balaban J connectivity index is 1.25. The molecule has 2 aromatic carbocycles. The van der Waals surface area contributed by atoms with Crippen LogP contribution in [0.4, 0.5) is 5.69 Å². The fourth-order valence-electron chi connectivity index (χ4n) is 5.41. The van der Waals surface area contributed by atoms with Crippen LogP contribution in [0.25, 0.3) is 11.1 Å². The molecule has 6 rings (SSSR count). The molecule has 3 aliphatic rings. The number of aliphatic carboxylic acids is 1. The Hall–Kier alpha value is -3.45. The summed E-state index contributed by atoms with van der Waals surface area (Å²) >= 11 is 0. The van der Waals surface area contributed by atoms with Crippen LogP contribution in [-0.2, 0) is 21.4 Å². The van der Waals surface area contributed by atoms with Gasteiger partial charge in [0.1, 0.15) is 5.76 Å². The number of carbonyl (C=O) groups is 2. The number of anilines is 1. The number of carboxylic acid groups (broad SMARTS) is 1. The van der Waals surface area contributed by atoms with Gasteiger partial charge in [-0.25, -0.2) is 4.98 Å². The van der Waals surface area contributed by atoms with Gasteiger partial charge in [0.05, 0.1) is 18.6 Å². The second-order valence-electron chi connectivity index (χ2n) is 9.80. The van der Waals surface area contributed by atoms with Crippen molar-refractivity contribution < 1.29 is 23.8 Å². The molecular formula is C28H30N2O5. The van der Waals surface area contributed by atoms with E-state index in [0.717, 1.165) is 36.8 Å². The number of hydrogen-bond acceptors (Lipinski definition) is 5. The highest BCUT2D eigenvalue weighted by molar-refractivity contribution is 6.03. The SMILES string of the molecule is CCc1nc(C(=O)Nc2ccc(-c3ccc(C45CCC(CC(=O)O)(CC4)OC5)cc3)cc2)c(C)o1. The predicted molar refractivity (Wildman–Crippen MR) is 132 cm³/mol. The minimum atomic E-state index is -0.784.